The number of amides is 1. The molecule has 2 aromatic carbocycles. The average molecular weight is 434 g/mol. The average Bonchev–Trinajstić information content (AvgIpc) is 2.89. The van der Waals surface area contributed by atoms with E-state index in [9.17, 15) is 18.0 Å². The lowest BCUT2D eigenvalue weighted by molar-refractivity contribution is -0.137. The molecule has 1 N–H and O–H groups in total. The Morgan fingerprint density at radius 1 is 1.19 bits per heavy atom. The summed E-state index contributed by atoms with van der Waals surface area (Å²) in [6, 6.07) is 8.42. The Bertz CT molecular complexity index is 1020. The number of alkyl halides is 3. The normalized spacial score (nSPS) is 11.8. The molecule has 0 unspecified atom stereocenters. The molecular weight excluding hydrogens is 422 g/mol. The fourth-order valence-corrected chi connectivity index (χ4v) is 3.58. The number of benzene rings is 2. The van der Waals surface area contributed by atoms with Crippen LogP contribution in [0.25, 0.3) is 11.0 Å². The summed E-state index contributed by atoms with van der Waals surface area (Å²) in [6.07, 6.45) is -4.63. The Morgan fingerprint density at radius 3 is 2.56 bits per heavy atom. The highest BCUT2D eigenvalue weighted by Gasteiger charge is 2.34. The Morgan fingerprint density at radius 2 is 1.85 bits per heavy atom. The third kappa shape index (κ3) is 4.51. The van der Waals surface area contributed by atoms with Gasteiger partial charge < -0.3 is 9.88 Å². The van der Waals surface area contributed by atoms with Crippen LogP contribution in [0.2, 0.25) is 10.0 Å². The lowest BCUT2D eigenvalue weighted by Gasteiger charge is -2.14. The first kappa shape index (κ1) is 19.9. The summed E-state index contributed by atoms with van der Waals surface area (Å²) in [5.74, 6) is -0.692. The van der Waals surface area contributed by atoms with Gasteiger partial charge in [0.15, 0.2) is 5.16 Å². The van der Waals surface area contributed by atoms with E-state index in [4.69, 9.17) is 23.2 Å². The number of carbonyl (C=O) groups is 1. The Labute approximate surface area is 166 Å². The molecule has 0 radical (unpaired) electrons. The van der Waals surface area contributed by atoms with E-state index in [1.54, 1.807) is 29.8 Å². The highest BCUT2D eigenvalue weighted by molar-refractivity contribution is 7.99. The molecule has 0 saturated heterocycles. The van der Waals surface area contributed by atoms with Gasteiger partial charge in [0.25, 0.3) is 0 Å². The van der Waals surface area contributed by atoms with Crippen molar-refractivity contribution >= 4 is 57.6 Å². The number of anilines is 1. The number of aryl methyl sites for hydroxylation is 1. The van der Waals surface area contributed by atoms with Crippen LogP contribution in [0.15, 0.2) is 41.6 Å². The van der Waals surface area contributed by atoms with Gasteiger partial charge in [0.2, 0.25) is 5.91 Å². The van der Waals surface area contributed by atoms with Gasteiger partial charge in [0, 0.05) is 17.1 Å². The van der Waals surface area contributed by atoms with Crippen LogP contribution in [-0.2, 0) is 18.0 Å². The number of nitrogens with zero attached hydrogens (tertiary/aromatic N) is 2. The fourth-order valence-electron chi connectivity index (χ4n) is 2.46. The summed E-state index contributed by atoms with van der Waals surface area (Å²) in [6.45, 7) is 0. The predicted molar refractivity (Wildman–Crippen MR) is 102 cm³/mol. The van der Waals surface area contributed by atoms with Crippen LogP contribution in [0, 0.1) is 0 Å². The molecule has 3 aromatic rings. The molecule has 0 fully saturated rings. The van der Waals surface area contributed by atoms with Crippen molar-refractivity contribution in [1.82, 2.24) is 9.55 Å². The molecule has 1 aromatic heterocycles. The van der Waals surface area contributed by atoms with E-state index in [0.29, 0.717) is 15.7 Å². The van der Waals surface area contributed by atoms with Crippen LogP contribution >= 0.6 is 35.0 Å². The molecule has 0 aliphatic heterocycles. The van der Waals surface area contributed by atoms with E-state index in [1.165, 1.54) is 6.07 Å². The van der Waals surface area contributed by atoms with E-state index in [-0.39, 0.29) is 16.5 Å². The Kier molecular flexibility index (Phi) is 5.60. The summed E-state index contributed by atoms with van der Waals surface area (Å²) < 4.78 is 41.1. The summed E-state index contributed by atoms with van der Waals surface area (Å²) in [5.41, 5.74) is 0.171. The quantitative estimate of drug-likeness (QED) is 0.542. The van der Waals surface area contributed by atoms with E-state index in [0.717, 1.165) is 29.4 Å². The molecule has 0 aliphatic carbocycles. The van der Waals surface area contributed by atoms with Crippen LogP contribution in [0.4, 0.5) is 18.9 Å². The molecule has 142 valence electrons. The third-order valence-corrected chi connectivity index (χ3v) is 5.20. The topological polar surface area (TPSA) is 46.9 Å². The first-order chi connectivity index (χ1) is 12.6. The number of thioether (sulfide) groups is 1. The first-order valence-corrected chi connectivity index (χ1v) is 9.30. The summed E-state index contributed by atoms with van der Waals surface area (Å²) in [5, 5.41) is 3.31. The second kappa shape index (κ2) is 7.61. The van der Waals surface area contributed by atoms with Crippen LogP contribution in [-0.4, -0.2) is 21.2 Å². The third-order valence-electron chi connectivity index (χ3n) is 3.70. The van der Waals surface area contributed by atoms with Crippen molar-refractivity contribution in [2.24, 2.45) is 7.05 Å². The number of rotatable bonds is 4. The van der Waals surface area contributed by atoms with Gasteiger partial charge >= 0.3 is 6.18 Å². The van der Waals surface area contributed by atoms with Gasteiger partial charge in [-0.2, -0.15) is 13.2 Å². The van der Waals surface area contributed by atoms with Crippen LogP contribution in [0.3, 0.4) is 0 Å². The van der Waals surface area contributed by atoms with Crippen molar-refractivity contribution < 1.29 is 18.0 Å². The maximum atomic E-state index is 13.1. The van der Waals surface area contributed by atoms with Crippen molar-refractivity contribution in [3.63, 3.8) is 0 Å². The number of carbonyl (C=O) groups excluding carboxylic acids is 1. The number of hydrogen-bond donors (Lipinski definition) is 1. The van der Waals surface area contributed by atoms with Crippen LogP contribution in [0.5, 0.6) is 0 Å². The number of fused-ring (bicyclic) bond motifs is 1. The minimum absolute atomic E-state index is 0.0620. The summed E-state index contributed by atoms with van der Waals surface area (Å²) in [4.78, 5) is 16.5. The number of nitrogens with one attached hydrogen (secondary N) is 1. The maximum Gasteiger partial charge on any atom is 0.418 e. The fraction of sp³-hybridized carbons (Fsp3) is 0.176. The van der Waals surface area contributed by atoms with Crippen molar-refractivity contribution in [2.45, 2.75) is 11.3 Å². The van der Waals surface area contributed by atoms with Crippen molar-refractivity contribution in [2.75, 3.05) is 11.1 Å². The standard InChI is InChI=1S/C17H12Cl2F3N3OS/c1-25-14-5-3-10(19)7-13(14)24-16(25)27-8-15(26)23-12-4-2-9(18)6-11(12)17(20,21)22/h2-7H,8H2,1H3,(H,23,26). The minimum Gasteiger partial charge on any atom is -0.325 e. The van der Waals surface area contributed by atoms with Gasteiger partial charge in [-0.3, -0.25) is 4.79 Å². The van der Waals surface area contributed by atoms with E-state index in [1.807, 2.05) is 0 Å². The van der Waals surface area contributed by atoms with E-state index in [2.05, 4.69) is 10.3 Å². The highest BCUT2D eigenvalue weighted by atomic mass is 35.5. The number of aromatic nitrogens is 2. The lowest BCUT2D eigenvalue weighted by Crippen LogP contribution is -2.18. The first-order valence-electron chi connectivity index (χ1n) is 7.56. The maximum absolute atomic E-state index is 13.1. The largest absolute Gasteiger partial charge is 0.418 e. The molecule has 3 rings (SSSR count). The molecule has 0 bridgehead atoms. The molecule has 0 spiro atoms. The minimum atomic E-state index is -4.63. The van der Waals surface area contributed by atoms with E-state index >= 15 is 0 Å². The molecule has 0 saturated carbocycles. The molecule has 0 aliphatic rings. The van der Waals surface area contributed by atoms with Crippen molar-refractivity contribution in [3.05, 3.63) is 52.0 Å². The van der Waals surface area contributed by atoms with E-state index < -0.39 is 17.6 Å². The van der Waals surface area contributed by atoms with Gasteiger partial charge in [-0.05, 0) is 36.4 Å². The second-order valence-electron chi connectivity index (χ2n) is 5.61. The van der Waals surface area contributed by atoms with Crippen molar-refractivity contribution in [1.29, 1.82) is 0 Å². The molecule has 27 heavy (non-hydrogen) atoms. The molecule has 10 heteroatoms. The number of hydrogen-bond acceptors (Lipinski definition) is 3. The SMILES string of the molecule is Cn1c(SCC(=O)Nc2ccc(Cl)cc2C(F)(F)F)nc2cc(Cl)ccc21. The van der Waals surface area contributed by atoms with Crippen LogP contribution in [0.1, 0.15) is 5.56 Å². The molecule has 1 amide bonds. The second-order valence-corrected chi connectivity index (χ2v) is 7.43. The summed E-state index contributed by atoms with van der Waals surface area (Å²) >= 11 is 12.7. The number of imidazole rings is 1. The van der Waals surface area contributed by atoms with Gasteiger partial charge in [0.1, 0.15) is 0 Å². The van der Waals surface area contributed by atoms with Gasteiger partial charge in [0.05, 0.1) is 28.0 Å². The molecular formula is C17H12Cl2F3N3OS. The lowest BCUT2D eigenvalue weighted by atomic mass is 10.1. The van der Waals surface area contributed by atoms with Gasteiger partial charge in [-0.25, -0.2) is 4.98 Å². The van der Waals surface area contributed by atoms with Gasteiger partial charge in [-0.1, -0.05) is 35.0 Å². The summed E-state index contributed by atoms with van der Waals surface area (Å²) in [7, 11) is 1.78. The Hall–Kier alpha value is -1.90. The van der Waals surface area contributed by atoms with Crippen molar-refractivity contribution in [3.8, 4) is 0 Å². The Balaban J connectivity index is 1.73. The van der Waals surface area contributed by atoms with Crippen LogP contribution < -0.4 is 5.32 Å². The zero-order valence-corrected chi connectivity index (χ0v) is 16.1. The molecule has 0 atom stereocenters. The highest BCUT2D eigenvalue weighted by Crippen LogP contribution is 2.36. The monoisotopic (exact) mass is 433 g/mol. The zero-order valence-electron chi connectivity index (χ0n) is 13.8. The smallest absolute Gasteiger partial charge is 0.325 e. The molecule has 4 nitrogen and oxygen atoms in total. The zero-order chi connectivity index (χ0) is 19.8. The van der Waals surface area contributed by atoms with Gasteiger partial charge in [-0.15, -0.1) is 0 Å². The number of halogens is 5. The predicted octanol–water partition coefficient (Wildman–Crippen LogP) is 5.63. The molecule has 1 heterocycles.